The van der Waals surface area contributed by atoms with Gasteiger partial charge in [0.1, 0.15) is 5.82 Å². The third-order valence-corrected chi connectivity index (χ3v) is 3.02. The molecule has 2 heterocycles. The monoisotopic (exact) mass is 256 g/mol. The summed E-state index contributed by atoms with van der Waals surface area (Å²) in [6, 6.07) is 8.28. The van der Waals surface area contributed by atoms with Gasteiger partial charge >= 0.3 is 0 Å². The van der Waals surface area contributed by atoms with Gasteiger partial charge in [-0.05, 0) is 43.3 Å². The fraction of sp³-hybridized carbons (Fsp3) is 0.333. The van der Waals surface area contributed by atoms with Crippen LogP contribution in [0, 0.1) is 0 Å². The van der Waals surface area contributed by atoms with Crippen molar-refractivity contribution in [2.24, 2.45) is 0 Å². The Morgan fingerprint density at radius 2 is 1.89 bits per heavy atom. The summed E-state index contributed by atoms with van der Waals surface area (Å²) >= 11 is 0. The molecule has 2 aromatic heterocycles. The van der Waals surface area contributed by atoms with Crippen LogP contribution in [0.5, 0.6) is 0 Å². The Labute approximate surface area is 114 Å². The minimum absolute atomic E-state index is 0.851. The predicted molar refractivity (Wildman–Crippen MR) is 78.0 cm³/mol. The van der Waals surface area contributed by atoms with Crippen molar-refractivity contribution < 1.29 is 0 Å². The summed E-state index contributed by atoms with van der Waals surface area (Å²) in [4.78, 5) is 10.8. The molecular weight excluding hydrogens is 236 g/mol. The van der Waals surface area contributed by atoms with Gasteiger partial charge in [-0.15, -0.1) is 0 Å². The van der Waals surface area contributed by atoms with Crippen molar-refractivity contribution in [3.8, 4) is 0 Å². The number of anilines is 1. The molecule has 0 unspecified atom stereocenters. The molecule has 4 heteroatoms. The van der Waals surface area contributed by atoms with Crippen molar-refractivity contribution in [3.05, 3.63) is 54.0 Å². The molecule has 0 atom stereocenters. The van der Waals surface area contributed by atoms with E-state index in [4.69, 9.17) is 0 Å². The van der Waals surface area contributed by atoms with Crippen LogP contribution in [-0.4, -0.2) is 23.6 Å². The first-order valence-corrected chi connectivity index (χ1v) is 6.57. The number of nitrogens with zero attached hydrogens (tertiary/aromatic N) is 3. The minimum Gasteiger partial charge on any atom is -0.353 e. The summed E-state index contributed by atoms with van der Waals surface area (Å²) in [5, 5.41) is 3.13. The van der Waals surface area contributed by atoms with E-state index in [1.165, 1.54) is 11.1 Å². The Morgan fingerprint density at radius 3 is 2.47 bits per heavy atom. The van der Waals surface area contributed by atoms with Crippen LogP contribution in [0.3, 0.4) is 0 Å². The van der Waals surface area contributed by atoms with Gasteiger partial charge in [-0.1, -0.05) is 6.07 Å². The minimum atomic E-state index is 0.851. The van der Waals surface area contributed by atoms with Crippen molar-refractivity contribution in [3.63, 3.8) is 0 Å². The average Bonchev–Trinajstić information content (AvgIpc) is 2.47. The van der Waals surface area contributed by atoms with E-state index in [1.807, 2.05) is 37.8 Å². The number of nitrogens with one attached hydrogen (secondary N) is 1. The van der Waals surface area contributed by atoms with Gasteiger partial charge in [0.25, 0.3) is 0 Å². The van der Waals surface area contributed by atoms with Gasteiger partial charge in [0.2, 0.25) is 0 Å². The van der Waals surface area contributed by atoms with Crippen LogP contribution in [0.25, 0.3) is 0 Å². The molecule has 2 aromatic rings. The van der Waals surface area contributed by atoms with Crippen molar-refractivity contribution in [2.45, 2.75) is 20.0 Å². The van der Waals surface area contributed by atoms with Crippen LogP contribution in [0.2, 0.25) is 0 Å². The third-order valence-electron chi connectivity index (χ3n) is 3.02. The molecule has 1 N–H and O–H groups in total. The number of rotatable bonds is 6. The summed E-state index contributed by atoms with van der Waals surface area (Å²) in [5.74, 6) is 1.01. The van der Waals surface area contributed by atoms with Gasteiger partial charge < -0.3 is 10.2 Å². The molecule has 0 aliphatic carbocycles. The maximum absolute atomic E-state index is 4.53. The molecule has 2 rings (SSSR count). The smallest absolute Gasteiger partial charge is 0.128 e. The topological polar surface area (TPSA) is 41.1 Å². The Bertz CT molecular complexity index is 481. The second-order valence-corrected chi connectivity index (χ2v) is 4.42. The Kier molecular flexibility index (Phi) is 4.86. The third kappa shape index (κ3) is 3.76. The maximum atomic E-state index is 4.53. The number of hydrogen-bond acceptors (Lipinski definition) is 4. The van der Waals surface area contributed by atoms with Crippen molar-refractivity contribution >= 4 is 5.82 Å². The van der Waals surface area contributed by atoms with Gasteiger partial charge in [0.15, 0.2) is 0 Å². The molecule has 0 spiro atoms. The number of hydrogen-bond donors (Lipinski definition) is 1. The van der Waals surface area contributed by atoms with Crippen LogP contribution >= 0.6 is 0 Å². The van der Waals surface area contributed by atoms with Gasteiger partial charge in [0, 0.05) is 38.2 Å². The summed E-state index contributed by atoms with van der Waals surface area (Å²) in [7, 11) is 1.94. The molecule has 100 valence electrons. The lowest BCUT2D eigenvalue weighted by molar-refractivity contribution is 0.795. The zero-order chi connectivity index (χ0) is 13.5. The maximum Gasteiger partial charge on any atom is 0.128 e. The van der Waals surface area contributed by atoms with E-state index in [-0.39, 0.29) is 0 Å². The molecule has 0 amide bonds. The Morgan fingerprint density at radius 1 is 1.11 bits per heavy atom. The van der Waals surface area contributed by atoms with E-state index < -0.39 is 0 Å². The lowest BCUT2D eigenvalue weighted by Gasteiger charge is -2.22. The normalized spacial score (nSPS) is 10.4. The van der Waals surface area contributed by atoms with Crippen LogP contribution in [0.4, 0.5) is 5.82 Å². The van der Waals surface area contributed by atoms with Gasteiger partial charge in [0.05, 0.1) is 0 Å². The van der Waals surface area contributed by atoms with E-state index in [1.54, 1.807) is 0 Å². The first kappa shape index (κ1) is 13.5. The van der Waals surface area contributed by atoms with Crippen LogP contribution < -0.4 is 10.2 Å². The Hall–Kier alpha value is -1.94. The largest absolute Gasteiger partial charge is 0.353 e. The predicted octanol–water partition coefficient (Wildman–Crippen LogP) is 2.22. The van der Waals surface area contributed by atoms with E-state index in [0.717, 1.165) is 25.5 Å². The highest BCUT2D eigenvalue weighted by atomic mass is 15.2. The second kappa shape index (κ2) is 6.85. The molecule has 19 heavy (non-hydrogen) atoms. The first-order chi connectivity index (χ1) is 9.33. The molecule has 0 aliphatic heterocycles. The van der Waals surface area contributed by atoms with Gasteiger partial charge in [-0.2, -0.15) is 0 Å². The Balaban J connectivity index is 2.08. The SMILES string of the molecule is CCN(Cc1ccncc1)c1ccc(CNC)cn1. The van der Waals surface area contributed by atoms with E-state index in [2.05, 4.69) is 39.2 Å². The molecular formula is C15H20N4. The van der Waals surface area contributed by atoms with Gasteiger partial charge in [-0.3, -0.25) is 4.98 Å². The lowest BCUT2D eigenvalue weighted by Crippen LogP contribution is -2.23. The molecule has 4 nitrogen and oxygen atoms in total. The number of aromatic nitrogens is 2. The fourth-order valence-corrected chi connectivity index (χ4v) is 1.98. The fourth-order valence-electron chi connectivity index (χ4n) is 1.98. The molecule has 0 aromatic carbocycles. The zero-order valence-electron chi connectivity index (χ0n) is 11.5. The van der Waals surface area contributed by atoms with Crippen molar-refractivity contribution in [1.82, 2.24) is 15.3 Å². The van der Waals surface area contributed by atoms with E-state index >= 15 is 0 Å². The molecule has 0 bridgehead atoms. The molecule has 0 saturated carbocycles. The van der Waals surface area contributed by atoms with Crippen molar-refractivity contribution in [2.75, 3.05) is 18.5 Å². The van der Waals surface area contributed by atoms with E-state index in [9.17, 15) is 0 Å². The first-order valence-electron chi connectivity index (χ1n) is 6.57. The second-order valence-electron chi connectivity index (χ2n) is 4.42. The zero-order valence-corrected chi connectivity index (χ0v) is 11.5. The summed E-state index contributed by atoms with van der Waals surface area (Å²) in [5.41, 5.74) is 2.45. The number of pyridine rings is 2. The standard InChI is InChI=1S/C15H20N4/c1-3-19(12-13-6-8-17-9-7-13)15-5-4-14(10-16-2)11-18-15/h4-9,11,16H,3,10,12H2,1-2H3. The molecule has 0 aliphatic rings. The summed E-state index contributed by atoms with van der Waals surface area (Å²) in [6.07, 6.45) is 5.58. The summed E-state index contributed by atoms with van der Waals surface area (Å²) in [6.45, 7) is 4.78. The lowest BCUT2D eigenvalue weighted by atomic mass is 10.2. The quantitative estimate of drug-likeness (QED) is 0.860. The highest BCUT2D eigenvalue weighted by molar-refractivity contribution is 5.40. The van der Waals surface area contributed by atoms with Crippen LogP contribution in [0.1, 0.15) is 18.1 Å². The van der Waals surface area contributed by atoms with Crippen molar-refractivity contribution in [1.29, 1.82) is 0 Å². The average molecular weight is 256 g/mol. The highest BCUT2D eigenvalue weighted by Crippen LogP contribution is 2.14. The molecule has 0 radical (unpaired) electrons. The van der Waals surface area contributed by atoms with Gasteiger partial charge in [-0.25, -0.2) is 4.98 Å². The van der Waals surface area contributed by atoms with Crippen LogP contribution in [0.15, 0.2) is 42.9 Å². The molecule has 0 fully saturated rings. The molecule has 0 saturated heterocycles. The van der Waals surface area contributed by atoms with E-state index in [0.29, 0.717) is 0 Å². The highest BCUT2D eigenvalue weighted by Gasteiger charge is 2.06. The summed E-state index contributed by atoms with van der Waals surface area (Å²) < 4.78 is 0. The van der Waals surface area contributed by atoms with Crippen LogP contribution in [-0.2, 0) is 13.1 Å².